The van der Waals surface area contributed by atoms with Gasteiger partial charge in [0, 0.05) is 18.1 Å². The van der Waals surface area contributed by atoms with Crippen LogP contribution in [0.25, 0.3) is 21.6 Å². The zero-order chi connectivity index (χ0) is 20.5. The third-order valence-corrected chi connectivity index (χ3v) is 5.14. The van der Waals surface area contributed by atoms with Crippen LogP contribution in [0.3, 0.4) is 0 Å². The molecule has 0 atom stereocenters. The molecule has 1 aromatic carbocycles. The number of hydrogen-bond donors (Lipinski definition) is 2. The van der Waals surface area contributed by atoms with Crippen molar-refractivity contribution >= 4 is 33.3 Å². The van der Waals surface area contributed by atoms with E-state index in [1.54, 1.807) is 31.2 Å². The highest BCUT2D eigenvalue weighted by atomic mass is 32.1. The molecule has 1 amide bonds. The quantitative estimate of drug-likeness (QED) is 0.534. The molecule has 0 unspecified atom stereocenters. The normalized spacial score (nSPS) is 11.0. The second-order valence-electron chi connectivity index (χ2n) is 5.99. The molecule has 0 aliphatic heterocycles. The van der Waals surface area contributed by atoms with Crippen molar-refractivity contribution in [3.63, 3.8) is 0 Å². The summed E-state index contributed by atoms with van der Waals surface area (Å²) in [5, 5.41) is 21.2. The summed E-state index contributed by atoms with van der Waals surface area (Å²) in [6.07, 6.45) is 1.42. The highest BCUT2D eigenvalue weighted by Crippen LogP contribution is 2.29. The maximum absolute atomic E-state index is 13.9. The van der Waals surface area contributed by atoms with Crippen LogP contribution in [-0.2, 0) is 6.54 Å². The summed E-state index contributed by atoms with van der Waals surface area (Å²) >= 11 is 0.901. The number of rotatable bonds is 4. The third kappa shape index (κ3) is 3.23. The van der Waals surface area contributed by atoms with E-state index < -0.39 is 28.6 Å². The number of aryl methyl sites for hydroxylation is 1. The minimum absolute atomic E-state index is 0.00684. The lowest BCUT2D eigenvalue weighted by molar-refractivity contribution is 0.102. The average molecular weight is 411 g/mol. The molecule has 3 aromatic heterocycles. The lowest BCUT2D eigenvalue weighted by atomic mass is 10.1. The van der Waals surface area contributed by atoms with Crippen LogP contribution in [0.15, 0.2) is 47.4 Å². The average Bonchev–Trinajstić information content (AvgIpc) is 3.17. The number of hydrogen-bond acceptors (Lipinski definition) is 7. The molecule has 0 bridgehead atoms. The van der Waals surface area contributed by atoms with Crippen LogP contribution < -0.4 is 10.9 Å². The fraction of sp³-hybridized carbons (Fsp3) is 0.105. The maximum atomic E-state index is 13.9. The lowest BCUT2D eigenvalue weighted by Crippen LogP contribution is -2.29. The lowest BCUT2D eigenvalue weighted by Gasteiger charge is -2.12. The number of nitrogens with one attached hydrogen (secondary N) is 1. The van der Waals surface area contributed by atoms with Crippen molar-refractivity contribution in [3.8, 4) is 16.5 Å². The highest BCUT2D eigenvalue weighted by Gasteiger charge is 2.23. The van der Waals surface area contributed by atoms with E-state index in [0.29, 0.717) is 17.4 Å². The number of aromatic hydroxyl groups is 1. The molecule has 4 aromatic rings. The number of pyridine rings is 2. The number of nitrogens with zero attached hydrogens (tertiary/aromatic N) is 4. The Balaban J connectivity index is 1.72. The van der Waals surface area contributed by atoms with E-state index in [-0.39, 0.29) is 15.8 Å². The molecule has 8 nitrogen and oxygen atoms in total. The van der Waals surface area contributed by atoms with Gasteiger partial charge in [-0.25, -0.2) is 4.39 Å². The molecule has 29 heavy (non-hydrogen) atoms. The van der Waals surface area contributed by atoms with E-state index in [2.05, 4.69) is 20.5 Å². The Labute approximate surface area is 167 Å². The van der Waals surface area contributed by atoms with E-state index in [0.717, 1.165) is 11.3 Å². The van der Waals surface area contributed by atoms with Crippen molar-refractivity contribution in [1.29, 1.82) is 0 Å². The van der Waals surface area contributed by atoms with Crippen molar-refractivity contribution in [3.05, 3.63) is 64.3 Å². The highest BCUT2D eigenvalue weighted by molar-refractivity contribution is 7.18. The second kappa shape index (κ2) is 7.40. The summed E-state index contributed by atoms with van der Waals surface area (Å²) in [5.41, 5.74) is -0.488. The van der Waals surface area contributed by atoms with Crippen LogP contribution >= 0.6 is 11.3 Å². The van der Waals surface area contributed by atoms with Crippen molar-refractivity contribution in [2.24, 2.45) is 0 Å². The van der Waals surface area contributed by atoms with Crippen molar-refractivity contribution in [2.45, 2.75) is 13.5 Å². The fourth-order valence-electron chi connectivity index (χ4n) is 2.98. The molecule has 3 heterocycles. The van der Waals surface area contributed by atoms with Gasteiger partial charge in [0.15, 0.2) is 10.8 Å². The van der Waals surface area contributed by atoms with Gasteiger partial charge in [0.05, 0.1) is 5.52 Å². The molecule has 0 fully saturated rings. The van der Waals surface area contributed by atoms with E-state index in [9.17, 15) is 19.1 Å². The number of aromatic nitrogens is 4. The van der Waals surface area contributed by atoms with Gasteiger partial charge >= 0.3 is 0 Å². The topological polar surface area (TPSA) is 110 Å². The summed E-state index contributed by atoms with van der Waals surface area (Å²) in [5.74, 6) is -1.81. The van der Waals surface area contributed by atoms with Crippen LogP contribution in [0.4, 0.5) is 9.52 Å². The van der Waals surface area contributed by atoms with Gasteiger partial charge in [0.2, 0.25) is 5.13 Å². The number of fused-ring (bicyclic) bond motifs is 1. The van der Waals surface area contributed by atoms with E-state index in [1.807, 2.05) is 0 Å². The van der Waals surface area contributed by atoms with Gasteiger partial charge < -0.3 is 9.67 Å². The number of halogens is 1. The van der Waals surface area contributed by atoms with Gasteiger partial charge in [-0.3, -0.25) is 19.9 Å². The molecule has 0 aliphatic rings. The Hall–Kier alpha value is -3.66. The van der Waals surface area contributed by atoms with Crippen molar-refractivity contribution in [1.82, 2.24) is 19.7 Å². The number of carbonyl (C=O) groups is 1. The first-order valence-electron chi connectivity index (χ1n) is 8.61. The molecule has 146 valence electrons. The van der Waals surface area contributed by atoms with Crippen LogP contribution in [-0.4, -0.2) is 30.8 Å². The first kappa shape index (κ1) is 18.7. The van der Waals surface area contributed by atoms with Crippen molar-refractivity contribution in [2.75, 3.05) is 5.32 Å². The smallest absolute Gasteiger partial charge is 0.267 e. The van der Waals surface area contributed by atoms with Crippen LogP contribution in [0.5, 0.6) is 5.75 Å². The van der Waals surface area contributed by atoms with Crippen LogP contribution in [0, 0.1) is 5.82 Å². The largest absolute Gasteiger partial charge is 0.506 e. The second-order valence-corrected chi connectivity index (χ2v) is 6.97. The minimum Gasteiger partial charge on any atom is -0.506 e. The number of anilines is 1. The number of benzene rings is 1. The first-order chi connectivity index (χ1) is 14.0. The van der Waals surface area contributed by atoms with Gasteiger partial charge in [-0.15, -0.1) is 10.2 Å². The van der Waals surface area contributed by atoms with Gasteiger partial charge in [-0.05, 0) is 31.2 Å². The fourth-order valence-corrected chi connectivity index (χ4v) is 3.72. The zero-order valence-corrected chi connectivity index (χ0v) is 15.9. The predicted molar refractivity (Wildman–Crippen MR) is 107 cm³/mol. The Morgan fingerprint density at radius 1 is 1.24 bits per heavy atom. The maximum Gasteiger partial charge on any atom is 0.267 e. The summed E-state index contributed by atoms with van der Waals surface area (Å²) in [7, 11) is 0. The standard InChI is InChI=1S/C19H14FN5O3S/c1-2-25-12-8-4-3-6-10(12)15(26)13(18(25)28)16(27)22-19-24-23-17(29-19)14-11(20)7-5-9-21-14/h3-9,26H,2H2,1H3,(H,22,24,27). The predicted octanol–water partition coefficient (Wildman–Crippen LogP) is 3.03. The molecular formula is C19H14FN5O3S. The molecule has 0 radical (unpaired) electrons. The van der Waals surface area contributed by atoms with E-state index >= 15 is 0 Å². The molecule has 2 N–H and O–H groups in total. The van der Waals surface area contributed by atoms with Gasteiger partial charge in [0.25, 0.3) is 11.5 Å². The van der Waals surface area contributed by atoms with Crippen LogP contribution in [0.1, 0.15) is 17.3 Å². The Morgan fingerprint density at radius 3 is 2.79 bits per heavy atom. The first-order valence-corrected chi connectivity index (χ1v) is 9.43. The van der Waals surface area contributed by atoms with E-state index in [1.165, 1.54) is 22.9 Å². The molecule has 0 aliphatic carbocycles. The third-order valence-electron chi connectivity index (χ3n) is 4.30. The summed E-state index contributed by atoms with van der Waals surface area (Å²) < 4.78 is 15.3. The van der Waals surface area contributed by atoms with Gasteiger partial charge in [-0.1, -0.05) is 23.5 Å². The molecule has 0 spiro atoms. The van der Waals surface area contributed by atoms with Gasteiger partial charge in [0.1, 0.15) is 17.0 Å². The van der Waals surface area contributed by atoms with Crippen molar-refractivity contribution < 1.29 is 14.3 Å². The number of amides is 1. The summed E-state index contributed by atoms with van der Waals surface area (Å²) in [4.78, 5) is 29.4. The SMILES string of the molecule is CCn1c(=O)c(C(=O)Nc2nnc(-c3ncccc3F)s2)c(O)c2ccccc21. The van der Waals surface area contributed by atoms with Gasteiger partial charge in [-0.2, -0.15) is 0 Å². The summed E-state index contributed by atoms with van der Waals surface area (Å²) in [6.45, 7) is 2.09. The minimum atomic E-state index is -0.829. The van der Waals surface area contributed by atoms with Crippen LogP contribution in [0.2, 0.25) is 0 Å². The number of para-hydroxylation sites is 1. The molecule has 0 saturated heterocycles. The zero-order valence-electron chi connectivity index (χ0n) is 15.1. The molecule has 0 saturated carbocycles. The number of carbonyl (C=O) groups excluding carboxylic acids is 1. The Bertz CT molecular complexity index is 1300. The Morgan fingerprint density at radius 2 is 2.03 bits per heavy atom. The Kier molecular flexibility index (Phi) is 4.77. The monoisotopic (exact) mass is 411 g/mol. The molecule has 4 rings (SSSR count). The molecular weight excluding hydrogens is 397 g/mol. The molecule has 10 heteroatoms. The van der Waals surface area contributed by atoms with E-state index in [4.69, 9.17) is 0 Å². The summed E-state index contributed by atoms with van der Waals surface area (Å²) in [6, 6.07) is 9.45.